The van der Waals surface area contributed by atoms with E-state index >= 15 is 0 Å². The topological polar surface area (TPSA) is 73.0 Å². The van der Waals surface area contributed by atoms with Crippen LogP contribution < -0.4 is 5.32 Å². The van der Waals surface area contributed by atoms with Crippen molar-refractivity contribution in [3.8, 4) is 0 Å². The molecule has 1 N–H and O–H groups in total. The summed E-state index contributed by atoms with van der Waals surface area (Å²) in [6.07, 6.45) is 3.53. The number of nitrogens with one attached hydrogen (secondary N) is 1. The van der Waals surface area contributed by atoms with Gasteiger partial charge in [-0.25, -0.2) is 0 Å². The van der Waals surface area contributed by atoms with Gasteiger partial charge in [-0.1, -0.05) is 11.6 Å². The second-order valence-corrected chi connectivity index (χ2v) is 4.63. The first kappa shape index (κ1) is 13.4. The zero-order valence-corrected chi connectivity index (χ0v) is 11.0. The Morgan fingerprint density at radius 2 is 2.37 bits per heavy atom. The van der Waals surface area contributed by atoms with Crippen LogP contribution >= 0.6 is 11.6 Å². The number of benzene rings is 1. The predicted molar refractivity (Wildman–Crippen MR) is 73.4 cm³/mol. The molecule has 1 heterocycles. The van der Waals surface area contributed by atoms with Crippen molar-refractivity contribution in [1.29, 1.82) is 0 Å². The van der Waals surface area contributed by atoms with E-state index in [-0.39, 0.29) is 11.7 Å². The largest absolute Gasteiger partial charge is 0.375 e. The summed E-state index contributed by atoms with van der Waals surface area (Å²) >= 11 is 5.87. The number of hydrogen-bond acceptors (Lipinski definition) is 4. The fourth-order valence-corrected chi connectivity index (χ4v) is 1.96. The van der Waals surface area contributed by atoms with E-state index in [2.05, 4.69) is 10.4 Å². The van der Waals surface area contributed by atoms with Crippen molar-refractivity contribution >= 4 is 23.0 Å². The molecule has 1 unspecified atom stereocenters. The lowest BCUT2D eigenvalue weighted by Crippen LogP contribution is -2.22. The van der Waals surface area contributed by atoms with Crippen LogP contribution in [0.3, 0.4) is 0 Å². The highest BCUT2D eigenvalue weighted by Gasteiger charge is 2.15. The molecule has 100 valence electrons. The van der Waals surface area contributed by atoms with Crippen LogP contribution in [0.25, 0.3) is 0 Å². The average Bonchev–Trinajstić information content (AvgIpc) is 2.81. The van der Waals surface area contributed by atoms with Gasteiger partial charge in [0, 0.05) is 29.5 Å². The lowest BCUT2D eigenvalue weighted by atomic mass is 10.2. The van der Waals surface area contributed by atoms with Crippen molar-refractivity contribution in [1.82, 2.24) is 9.78 Å². The van der Waals surface area contributed by atoms with Gasteiger partial charge < -0.3 is 5.32 Å². The van der Waals surface area contributed by atoms with Crippen LogP contribution in [-0.2, 0) is 6.54 Å². The van der Waals surface area contributed by atoms with Crippen LogP contribution in [0.2, 0.25) is 5.02 Å². The number of nitro groups is 1. The SMILES string of the molecule is CC(Cn1cccn1)Nc1cc(Cl)ccc1[N+](=O)[O-]. The normalized spacial score (nSPS) is 12.1. The summed E-state index contributed by atoms with van der Waals surface area (Å²) in [5.74, 6) is 0. The molecule has 6 nitrogen and oxygen atoms in total. The van der Waals surface area contributed by atoms with Gasteiger partial charge in [0.05, 0.1) is 11.5 Å². The van der Waals surface area contributed by atoms with E-state index < -0.39 is 4.92 Å². The van der Waals surface area contributed by atoms with Gasteiger partial charge in [-0.15, -0.1) is 0 Å². The van der Waals surface area contributed by atoms with E-state index in [0.29, 0.717) is 17.3 Å². The molecule has 7 heteroatoms. The fourth-order valence-electron chi connectivity index (χ4n) is 1.78. The highest BCUT2D eigenvalue weighted by Crippen LogP contribution is 2.28. The molecule has 0 aliphatic heterocycles. The molecule has 1 aromatic heterocycles. The number of halogens is 1. The number of anilines is 1. The van der Waals surface area contributed by atoms with Crippen molar-refractivity contribution in [3.05, 3.63) is 51.8 Å². The molecule has 0 radical (unpaired) electrons. The van der Waals surface area contributed by atoms with Gasteiger partial charge in [0.25, 0.3) is 5.69 Å². The fraction of sp³-hybridized carbons (Fsp3) is 0.250. The number of aromatic nitrogens is 2. The number of nitrogens with zero attached hydrogens (tertiary/aromatic N) is 3. The van der Waals surface area contributed by atoms with Gasteiger partial charge in [-0.3, -0.25) is 14.8 Å². The van der Waals surface area contributed by atoms with Crippen molar-refractivity contribution in [2.75, 3.05) is 5.32 Å². The monoisotopic (exact) mass is 280 g/mol. The first-order valence-electron chi connectivity index (χ1n) is 5.74. The molecule has 0 saturated heterocycles. The first-order valence-corrected chi connectivity index (χ1v) is 6.12. The minimum absolute atomic E-state index is 0.0108. The van der Waals surface area contributed by atoms with Crippen molar-refractivity contribution in [2.45, 2.75) is 19.5 Å². The minimum Gasteiger partial charge on any atom is -0.375 e. The minimum atomic E-state index is -0.431. The summed E-state index contributed by atoms with van der Waals surface area (Å²) in [6.45, 7) is 2.53. The number of rotatable bonds is 5. The van der Waals surface area contributed by atoms with E-state index in [1.54, 1.807) is 16.9 Å². The van der Waals surface area contributed by atoms with E-state index in [0.717, 1.165) is 0 Å². The lowest BCUT2D eigenvalue weighted by Gasteiger charge is -2.15. The molecule has 0 aliphatic carbocycles. The molecule has 0 spiro atoms. The van der Waals surface area contributed by atoms with Crippen LogP contribution in [0, 0.1) is 10.1 Å². The molecule has 0 saturated carbocycles. The molecule has 2 aromatic rings. The molecular formula is C12H13ClN4O2. The molecule has 1 atom stereocenters. The zero-order chi connectivity index (χ0) is 13.8. The molecule has 0 fully saturated rings. The van der Waals surface area contributed by atoms with E-state index in [1.807, 2.05) is 19.2 Å². The molecular weight excluding hydrogens is 268 g/mol. The third kappa shape index (κ3) is 3.45. The van der Waals surface area contributed by atoms with Gasteiger partial charge >= 0.3 is 0 Å². The van der Waals surface area contributed by atoms with Crippen LogP contribution in [0.4, 0.5) is 11.4 Å². The maximum Gasteiger partial charge on any atom is 0.292 e. The molecule has 0 aliphatic rings. The van der Waals surface area contributed by atoms with Gasteiger partial charge in [0.15, 0.2) is 0 Å². The Hall–Kier alpha value is -2.08. The van der Waals surface area contributed by atoms with Crippen molar-refractivity contribution in [2.24, 2.45) is 0 Å². The third-order valence-corrected chi connectivity index (χ3v) is 2.81. The highest BCUT2D eigenvalue weighted by atomic mass is 35.5. The summed E-state index contributed by atoms with van der Waals surface area (Å²) < 4.78 is 1.76. The first-order chi connectivity index (χ1) is 9.06. The summed E-state index contributed by atoms with van der Waals surface area (Å²) in [7, 11) is 0. The van der Waals surface area contributed by atoms with Crippen LogP contribution in [0.15, 0.2) is 36.7 Å². The third-order valence-electron chi connectivity index (χ3n) is 2.58. The molecule has 2 rings (SSSR count). The Morgan fingerprint density at radius 1 is 1.58 bits per heavy atom. The van der Waals surface area contributed by atoms with E-state index in [9.17, 15) is 10.1 Å². The number of hydrogen-bond donors (Lipinski definition) is 1. The molecule has 19 heavy (non-hydrogen) atoms. The standard InChI is InChI=1S/C12H13ClN4O2/c1-9(8-16-6-2-5-14-16)15-11-7-10(13)3-4-12(11)17(18)19/h2-7,9,15H,8H2,1H3. The summed E-state index contributed by atoms with van der Waals surface area (Å²) in [5.41, 5.74) is 0.425. The summed E-state index contributed by atoms with van der Waals surface area (Å²) in [5, 5.41) is 18.6. The Morgan fingerprint density at radius 3 is 3.00 bits per heavy atom. The zero-order valence-electron chi connectivity index (χ0n) is 10.3. The second kappa shape index (κ2) is 5.71. The van der Waals surface area contributed by atoms with E-state index in [4.69, 9.17) is 11.6 Å². The number of nitro benzene ring substituents is 1. The predicted octanol–water partition coefficient (Wildman–Crippen LogP) is 2.95. The maximum atomic E-state index is 10.9. The molecule has 0 bridgehead atoms. The highest BCUT2D eigenvalue weighted by molar-refractivity contribution is 6.31. The summed E-state index contributed by atoms with van der Waals surface area (Å²) in [6, 6.07) is 6.26. The Bertz CT molecular complexity index is 571. The maximum absolute atomic E-state index is 10.9. The van der Waals surface area contributed by atoms with Crippen molar-refractivity contribution in [3.63, 3.8) is 0 Å². The van der Waals surface area contributed by atoms with Gasteiger partial charge in [-0.2, -0.15) is 5.10 Å². The van der Waals surface area contributed by atoms with Crippen molar-refractivity contribution < 1.29 is 4.92 Å². The van der Waals surface area contributed by atoms with Gasteiger partial charge in [0.1, 0.15) is 5.69 Å². The van der Waals surface area contributed by atoms with Crippen LogP contribution in [-0.4, -0.2) is 20.7 Å². The smallest absolute Gasteiger partial charge is 0.292 e. The summed E-state index contributed by atoms with van der Waals surface area (Å²) in [4.78, 5) is 10.5. The van der Waals surface area contributed by atoms with E-state index in [1.165, 1.54) is 12.1 Å². The Kier molecular flexibility index (Phi) is 4.01. The van der Waals surface area contributed by atoms with Crippen LogP contribution in [0.1, 0.15) is 6.92 Å². The lowest BCUT2D eigenvalue weighted by molar-refractivity contribution is -0.384. The quantitative estimate of drug-likeness (QED) is 0.675. The molecule has 1 aromatic carbocycles. The van der Waals surface area contributed by atoms with Gasteiger partial charge in [-0.05, 0) is 25.1 Å². The Labute approximate surface area is 115 Å². The average molecular weight is 281 g/mol. The van der Waals surface area contributed by atoms with Gasteiger partial charge in [0.2, 0.25) is 0 Å². The van der Waals surface area contributed by atoms with Crippen LogP contribution in [0.5, 0.6) is 0 Å². The Balaban J connectivity index is 2.13. The second-order valence-electron chi connectivity index (χ2n) is 4.19. The molecule has 0 amide bonds.